The van der Waals surface area contributed by atoms with Gasteiger partial charge in [-0.15, -0.1) is 0 Å². The largest absolute Gasteiger partial charge is 0.385 e. The molecule has 1 unspecified atom stereocenters. The van der Waals surface area contributed by atoms with Gasteiger partial charge in [-0.2, -0.15) is 0 Å². The number of carbonyl (C=O) groups excluding carboxylic acids is 1. The van der Waals surface area contributed by atoms with E-state index in [1.54, 1.807) is 7.11 Å². The average Bonchev–Trinajstić information content (AvgIpc) is 3.00. The van der Waals surface area contributed by atoms with Crippen molar-refractivity contribution in [2.75, 3.05) is 26.9 Å². The molecular weight excluding hydrogens is 280 g/mol. The Balaban J connectivity index is 1.77. The van der Waals surface area contributed by atoms with Crippen molar-refractivity contribution in [1.82, 2.24) is 10.6 Å². The molecule has 122 valence electrons. The molecule has 2 rings (SSSR count). The molecule has 0 aromatic heterocycles. The van der Waals surface area contributed by atoms with Gasteiger partial charge in [0.15, 0.2) is 0 Å². The quantitative estimate of drug-likeness (QED) is 0.813. The van der Waals surface area contributed by atoms with E-state index in [1.165, 1.54) is 5.56 Å². The first-order valence-corrected chi connectivity index (χ1v) is 7.90. The monoisotopic (exact) mass is 306 g/mol. The Kier molecular flexibility index (Phi) is 6.68. The van der Waals surface area contributed by atoms with Gasteiger partial charge in [0.1, 0.15) is 0 Å². The molecule has 0 bridgehead atoms. The van der Waals surface area contributed by atoms with E-state index in [2.05, 4.69) is 22.8 Å². The molecule has 1 fully saturated rings. The second kappa shape index (κ2) is 8.76. The van der Waals surface area contributed by atoms with Gasteiger partial charge >= 0.3 is 6.03 Å². The van der Waals surface area contributed by atoms with Gasteiger partial charge in [-0.3, -0.25) is 0 Å². The Morgan fingerprint density at radius 2 is 2.18 bits per heavy atom. The highest BCUT2D eigenvalue weighted by atomic mass is 16.5. The summed E-state index contributed by atoms with van der Waals surface area (Å²) >= 11 is 0. The van der Waals surface area contributed by atoms with E-state index in [9.17, 15) is 4.79 Å². The molecule has 22 heavy (non-hydrogen) atoms. The maximum atomic E-state index is 11.9. The zero-order valence-electron chi connectivity index (χ0n) is 13.4. The van der Waals surface area contributed by atoms with Crippen LogP contribution in [0.1, 0.15) is 31.4 Å². The van der Waals surface area contributed by atoms with Crippen LogP contribution in [-0.2, 0) is 9.47 Å². The van der Waals surface area contributed by atoms with E-state index in [4.69, 9.17) is 9.47 Å². The van der Waals surface area contributed by atoms with Crippen LogP contribution in [0, 0.1) is 5.92 Å². The Bertz CT molecular complexity index is 452. The van der Waals surface area contributed by atoms with Crippen molar-refractivity contribution in [2.24, 2.45) is 5.92 Å². The van der Waals surface area contributed by atoms with E-state index in [0.29, 0.717) is 19.1 Å². The number of ether oxygens (including phenoxy) is 2. The number of urea groups is 1. The minimum Gasteiger partial charge on any atom is -0.385 e. The molecule has 1 aliphatic heterocycles. The highest BCUT2D eigenvalue weighted by Crippen LogP contribution is 2.33. The standard InChI is InChI=1S/C17H26N2O3/c1-13(8-10-21-2)19-17(20)18-12-15-9-11-22-16(15)14-6-4-3-5-7-14/h3-7,13,15-16H,8-12H2,1-2H3,(H2,18,19,20)/t13?,15-,16-/m1/s1. The van der Waals surface area contributed by atoms with Gasteiger partial charge in [0.05, 0.1) is 6.10 Å². The summed E-state index contributed by atoms with van der Waals surface area (Å²) in [4.78, 5) is 11.9. The van der Waals surface area contributed by atoms with Crippen LogP contribution in [0.2, 0.25) is 0 Å². The highest BCUT2D eigenvalue weighted by Gasteiger charge is 2.29. The van der Waals surface area contributed by atoms with Gasteiger partial charge in [0.2, 0.25) is 0 Å². The van der Waals surface area contributed by atoms with Crippen molar-refractivity contribution in [3.05, 3.63) is 35.9 Å². The number of nitrogens with one attached hydrogen (secondary N) is 2. The molecule has 0 aliphatic carbocycles. The van der Waals surface area contributed by atoms with Crippen molar-refractivity contribution >= 4 is 6.03 Å². The van der Waals surface area contributed by atoms with E-state index >= 15 is 0 Å². The highest BCUT2D eigenvalue weighted by molar-refractivity contribution is 5.74. The van der Waals surface area contributed by atoms with Crippen LogP contribution in [0.25, 0.3) is 0 Å². The molecule has 2 N–H and O–H groups in total. The summed E-state index contributed by atoms with van der Waals surface area (Å²) in [5.74, 6) is 0.322. The molecule has 1 aromatic rings. The Morgan fingerprint density at radius 1 is 1.41 bits per heavy atom. The first kappa shape index (κ1) is 16.8. The molecule has 1 aromatic carbocycles. The summed E-state index contributed by atoms with van der Waals surface area (Å²) in [6.45, 7) is 4.00. The van der Waals surface area contributed by atoms with Crippen molar-refractivity contribution < 1.29 is 14.3 Å². The average molecular weight is 306 g/mol. The molecule has 2 amide bonds. The summed E-state index contributed by atoms with van der Waals surface area (Å²) in [6, 6.07) is 10.2. The van der Waals surface area contributed by atoms with Gasteiger partial charge in [0.25, 0.3) is 0 Å². The molecule has 5 heteroatoms. The van der Waals surface area contributed by atoms with E-state index in [1.807, 2.05) is 25.1 Å². The first-order valence-electron chi connectivity index (χ1n) is 7.90. The zero-order valence-corrected chi connectivity index (χ0v) is 13.4. The fourth-order valence-electron chi connectivity index (χ4n) is 2.72. The number of rotatable bonds is 7. The maximum Gasteiger partial charge on any atom is 0.315 e. The summed E-state index contributed by atoms with van der Waals surface area (Å²) < 4.78 is 10.8. The molecule has 1 aliphatic rings. The molecule has 0 spiro atoms. The van der Waals surface area contributed by atoms with Gasteiger partial charge in [0, 0.05) is 38.8 Å². The second-order valence-electron chi connectivity index (χ2n) is 5.79. The van der Waals surface area contributed by atoms with Crippen molar-refractivity contribution in [3.8, 4) is 0 Å². The second-order valence-corrected chi connectivity index (χ2v) is 5.79. The third kappa shape index (κ3) is 5.00. The molecule has 5 nitrogen and oxygen atoms in total. The van der Waals surface area contributed by atoms with Gasteiger partial charge in [-0.05, 0) is 25.3 Å². The van der Waals surface area contributed by atoms with E-state index in [0.717, 1.165) is 19.4 Å². The lowest BCUT2D eigenvalue weighted by molar-refractivity contribution is 0.0909. The molecular formula is C17H26N2O3. The molecule has 1 heterocycles. The molecule has 0 saturated carbocycles. The fraction of sp³-hybridized carbons (Fsp3) is 0.588. The number of carbonyl (C=O) groups is 1. The third-order valence-electron chi connectivity index (χ3n) is 4.00. The number of hydrogen-bond acceptors (Lipinski definition) is 3. The minimum atomic E-state index is -0.123. The third-order valence-corrected chi connectivity index (χ3v) is 4.00. The van der Waals surface area contributed by atoms with Crippen LogP contribution in [0.5, 0.6) is 0 Å². The number of amides is 2. The lowest BCUT2D eigenvalue weighted by Gasteiger charge is -2.20. The van der Waals surface area contributed by atoms with Crippen molar-refractivity contribution in [2.45, 2.75) is 31.9 Å². The summed E-state index contributed by atoms with van der Waals surface area (Å²) in [5.41, 5.74) is 1.18. The van der Waals surface area contributed by atoms with Crippen LogP contribution in [0.4, 0.5) is 4.79 Å². The normalized spacial score (nSPS) is 22.3. The molecule has 1 saturated heterocycles. The van der Waals surface area contributed by atoms with E-state index in [-0.39, 0.29) is 18.2 Å². The molecule has 0 radical (unpaired) electrons. The summed E-state index contributed by atoms with van der Waals surface area (Å²) in [6.07, 6.45) is 1.86. The maximum absolute atomic E-state index is 11.9. The predicted molar refractivity (Wildman–Crippen MR) is 85.7 cm³/mol. The summed E-state index contributed by atoms with van der Waals surface area (Å²) in [7, 11) is 1.66. The lowest BCUT2D eigenvalue weighted by atomic mass is 9.95. The zero-order chi connectivity index (χ0) is 15.8. The van der Waals surface area contributed by atoms with Gasteiger partial charge < -0.3 is 20.1 Å². The topological polar surface area (TPSA) is 59.6 Å². The van der Waals surface area contributed by atoms with Gasteiger partial charge in [-0.1, -0.05) is 30.3 Å². The number of methoxy groups -OCH3 is 1. The number of hydrogen-bond donors (Lipinski definition) is 2. The fourth-order valence-corrected chi connectivity index (χ4v) is 2.72. The number of benzene rings is 1. The van der Waals surface area contributed by atoms with Crippen LogP contribution in [0.15, 0.2) is 30.3 Å². The smallest absolute Gasteiger partial charge is 0.315 e. The SMILES string of the molecule is COCCC(C)NC(=O)NC[C@H]1CCO[C@@H]1c1ccccc1. The van der Waals surface area contributed by atoms with Gasteiger partial charge in [-0.25, -0.2) is 4.79 Å². The first-order chi connectivity index (χ1) is 10.7. The Hall–Kier alpha value is -1.59. The van der Waals surface area contributed by atoms with Crippen LogP contribution >= 0.6 is 0 Å². The Labute approximate surface area is 132 Å². The molecule has 3 atom stereocenters. The van der Waals surface area contributed by atoms with Crippen LogP contribution in [0.3, 0.4) is 0 Å². The lowest BCUT2D eigenvalue weighted by Crippen LogP contribution is -2.43. The minimum absolute atomic E-state index is 0.0763. The van der Waals surface area contributed by atoms with Crippen molar-refractivity contribution in [1.29, 1.82) is 0 Å². The predicted octanol–water partition coefficient (Wildman–Crippen LogP) is 2.49. The summed E-state index contributed by atoms with van der Waals surface area (Å²) in [5, 5.41) is 5.88. The van der Waals surface area contributed by atoms with Crippen molar-refractivity contribution in [3.63, 3.8) is 0 Å². The van der Waals surface area contributed by atoms with Crippen LogP contribution in [-0.4, -0.2) is 38.9 Å². The van der Waals surface area contributed by atoms with E-state index < -0.39 is 0 Å². The Morgan fingerprint density at radius 3 is 2.91 bits per heavy atom. The van der Waals surface area contributed by atoms with Crippen LogP contribution < -0.4 is 10.6 Å².